The maximum atomic E-state index is 12.9. The quantitative estimate of drug-likeness (QED) is 0.704. The first-order valence-electron chi connectivity index (χ1n) is 9.01. The van der Waals surface area contributed by atoms with Gasteiger partial charge in [-0.05, 0) is 31.9 Å². The lowest BCUT2D eigenvalue weighted by Crippen LogP contribution is -2.47. The predicted molar refractivity (Wildman–Crippen MR) is 107 cm³/mol. The number of imidazole rings is 1. The molecule has 27 heavy (non-hydrogen) atoms. The van der Waals surface area contributed by atoms with Gasteiger partial charge in [0.05, 0.1) is 35.4 Å². The largest absolute Gasteiger partial charge is 0.497 e. The molecule has 0 spiro atoms. The van der Waals surface area contributed by atoms with Crippen LogP contribution in [-0.4, -0.2) is 65.6 Å². The van der Waals surface area contributed by atoms with E-state index < -0.39 is 9.84 Å². The second-order valence-corrected chi connectivity index (χ2v) is 10.0. The van der Waals surface area contributed by atoms with E-state index in [1.54, 1.807) is 12.0 Å². The second-order valence-electron chi connectivity index (χ2n) is 6.83. The van der Waals surface area contributed by atoms with Crippen LogP contribution in [0, 0.1) is 0 Å². The van der Waals surface area contributed by atoms with Crippen molar-refractivity contribution in [1.82, 2.24) is 14.9 Å². The molecule has 1 aliphatic rings. The zero-order valence-corrected chi connectivity index (χ0v) is 17.4. The van der Waals surface area contributed by atoms with Gasteiger partial charge in [-0.15, -0.1) is 0 Å². The smallest absolute Gasteiger partial charge is 0.233 e. The number of H-pyrrole nitrogens is 1. The molecule has 1 aromatic carbocycles. The van der Waals surface area contributed by atoms with Gasteiger partial charge in [0.2, 0.25) is 5.91 Å². The van der Waals surface area contributed by atoms with Gasteiger partial charge < -0.3 is 14.6 Å². The summed E-state index contributed by atoms with van der Waals surface area (Å²) in [6.07, 6.45) is 1.31. The number of aromatic nitrogens is 2. The average Bonchev–Trinajstić information content (AvgIpc) is 3.21. The van der Waals surface area contributed by atoms with Gasteiger partial charge in [0.25, 0.3) is 0 Å². The van der Waals surface area contributed by atoms with E-state index in [4.69, 9.17) is 4.74 Å². The van der Waals surface area contributed by atoms with E-state index >= 15 is 0 Å². The Kier molecular flexibility index (Phi) is 6.00. The van der Waals surface area contributed by atoms with E-state index in [0.717, 1.165) is 23.2 Å². The minimum absolute atomic E-state index is 0.0105. The lowest BCUT2D eigenvalue weighted by atomic mass is 10.1. The van der Waals surface area contributed by atoms with Gasteiger partial charge >= 0.3 is 0 Å². The van der Waals surface area contributed by atoms with Crippen LogP contribution in [0.25, 0.3) is 11.0 Å². The van der Waals surface area contributed by atoms with Crippen LogP contribution in [0.5, 0.6) is 5.75 Å². The monoisotopic (exact) mass is 411 g/mol. The third-order valence-corrected chi connectivity index (χ3v) is 7.56. The molecule has 1 amide bonds. The number of fused-ring (bicyclic) bond motifs is 1. The number of methoxy groups -OCH3 is 1. The number of benzene rings is 1. The summed E-state index contributed by atoms with van der Waals surface area (Å²) in [7, 11) is -1.43. The summed E-state index contributed by atoms with van der Waals surface area (Å²) in [4.78, 5) is 22.3. The van der Waals surface area contributed by atoms with Crippen LogP contribution in [0.15, 0.2) is 23.4 Å². The number of nitrogens with zero attached hydrogens (tertiary/aromatic N) is 2. The van der Waals surface area contributed by atoms with Crippen molar-refractivity contribution in [1.29, 1.82) is 0 Å². The molecule has 0 saturated carbocycles. The van der Waals surface area contributed by atoms with Gasteiger partial charge in [0, 0.05) is 18.2 Å². The third kappa shape index (κ3) is 4.57. The molecule has 1 N–H and O–H groups in total. The van der Waals surface area contributed by atoms with Gasteiger partial charge in [0.15, 0.2) is 15.0 Å². The number of sulfone groups is 1. The highest BCUT2D eigenvalue weighted by Gasteiger charge is 2.36. The Morgan fingerprint density at radius 3 is 2.89 bits per heavy atom. The highest BCUT2D eigenvalue weighted by atomic mass is 32.2. The van der Waals surface area contributed by atoms with Gasteiger partial charge in [-0.2, -0.15) is 0 Å². The molecule has 0 bridgehead atoms. The van der Waals surface area contributed by atoms with E-state index in [0.29, 0.717) is 11.6 Å². The Labute approximate surface area is 163 Å². The number of rotatable bonds is 7. The number of hydrogen-bond donors (Lipinski definition) is 1. The van der Waals surface area contributed by atoms with Crippen LogP contribution in [-0.2, 0) is 14.6 Å². The minimum Gasteiger partial charge on any atom is -0.497 e. The Balaban J connectivity index is 1.70. The molecule has 2 aromatic rings. The molecule has 7 nitrogen and oxygen atoms in total. The van der Waals surface area contributed by atoms with Crippen LogP contribution in [0.2, 0.25) is 0 Å². The van der Waals surface area contributed by atoms with Crippen LogP contribution in [0.4, 0.5) is 0 Å². The molecule has 148 valence electrons. The number of hydrogen-bond acceptors (Lipinski definition) is 6. The Bertz CT molecular complexity index is 926. The molecule has 3 rings (SSSR count). The standard InChI is InChI=1S/C18H25N3O4S2/c1-4-12(2)21(13-7-8-27(23,24)11-13)17(22)10-26-18-19-15-6-5-14(25-3)9-16(15)20-18/h5-6,9,12-13H,4,7-8,10-11H2,1-3H3,(H,19,20)/t12-,13-/m0/s1. The molecule has 2 heterocycles. The molecular formula is C18H25N3O4S2. The number of carbonyl (C=O) groups excluding carboxylic acids is 1. The molecule has 0 radical (unpaired) electrons. The lowest BCUT2D eigenvalue weighted by molar-refractivity contribution is -0.132. The fourth-order valence-corrected chi connectivity index (χ4v) is 5.83. The predicted octanol–water partition coefficient (Wildman–Crippen LogP) is 2.48. The topological polar surface area (TPSA) is 92.4 Å². The summed E-state index contributed by atoms with van der Waals surface area (Å²) in [6.45, 7) is 3.98. The average molecular weight is 412 g/mol. The van der Waals surface area contributed by atoms with Gasteiger partial charge in [-0.25, -0.2) is 13.4 Å². The van der Waals surface area contributed by atoms with E-state index in [1.165, 1.54) is 11.8 Å². The first-order valence-corrected chi connectivity index (χ1v) is 11.8. The van der Waals surface area contributed by atoms with E-state index in [-0.39, 0.29) is 35.2 Å². The van der Waals surface area contributed by atoms with Crippen LogP contribution in [0.3, 0.4) is 0 Å². The number of nitrogens with one attached hydrogen (secondary N) is 1. The summed E-state index contributed by atoms with van der Waals surface area (Å²) in [5, 5.41) is 0.662. The van der Waals surface area contributed by atoms with Crippen molar-refractivity contribution in [2.75, 3.05) is 24.4 Å². The van der Waals surface area contributed by atoms with Gasteiger partial charge in [-0.3, -0.25) is 4.79 Å². The Morgan fingerprint density at radius 2 is 2.26 bits per heavy atom. The van der Waals surface area contributed by atoms with Crippen molar-refractivity contribution in [2.24, 2.45) is 0 Å². The third-order valence-electron chi connectivity index (χ3n) is 4.96. The van der Waals surface area contributed by atoms with Gasteiger partial charge in [0.1, 0.15) is 5.75 Å². The number of amides is 1. The van der Waals surface area contributed by atoms with Crippen molar-refractivity contribution in [2.45, 2.75) is 43.9 Å². The molecule has 1 saturated heterocycles. The summed E-state index contributed by atoms with van der Waals surface area (Å²) in [5.74, 6) is 1.14. The van der Waals surface area contributed by atoms with Crippen molar-refractivity contribution >= 4 is 38.5 Å². The summed E-state index contributed by atoms with van der Waals surface area (Å²) in [6, 6.07) is 5.36. The molecule has 1 aromatic heterocycles. The molecule has 0 aliphatic carbocycles. The maximum absolute atomic E-state index is 12.9. The first-order chi connectivity index (χ1) is 12.8. The van der Waals surface area contributed by atoms with E-state index in [9.17, 15) is 13.2 Å². The molecule has 1 fully saturated rings. The molecule has 2 atom stereocenters. The first kappa shape index (κ1) is 20.0. The van der Waals surface area contributed by atoms with E-state index in [2.05, 4.69) is 9.97 Å². The molecule has 0 unspecified atom stereocenters. The molecule has 9 heteroatoms. The van der Waals surface area contributed by atoms with Crippen LogP contribution in [0.1, 0.15) is 26.7 Å². The highest BCUT2D eigenvalue weighted by molar-refractivity contribution is 7.99. The lowest BCUT2D eigenvalue weighted by Gasteiger charge is -2.33. The number of carbonyl (C=O) groups is 1. The fourth-order valence-electron chi connectivity index (χ4n) is 3.37. The summed E-state index contributed by atoms with van der Waals surface area (Å²) < 4.78 is 28.9. The molecular weight excluding hydrogens is 386 g/mol. The summed E-state index contributed by atoms with van der Waals surface area (Å²) >= 11 is 1.33. The Hall–Kier alpha value is -1.74. The zero-order valence-electron chi connectivity index (χ0n) is 15.8. The van der Waals surface area contributed by atoms with E-state index in [1.807, 2.05) is 32.0 Å². The maximum Gasteiger partial charge on any atom is 0.233 e. The summed E-state index contributed by atoms with van der Waals surface area (Å²) in [5.41, 5.74) is 1.66. The fraction of sp³-hybridized carbons (Fsp3) is 0.556. The molecule has 1 aliphatic heterocycles. The zero-order chi connectivity index (χ0) is 19.6. The highest BCUT2D eigenvalue weighted by Crippen LogP contribution is 2.26. The Morgan fingerprint density at radius 1 is 1.48 bits per heavy atom. The van der Waals surface area contributed by atoms with Gasteiger partial charge in [-0.1, -0.05) is 18.7 Å². The van der Waals surface area contributed by atoms with Crippen molar-refractivity contribution in [3.63, 3.8) is 0 Å². The SMILES string of the molecule is CC[C@H](C)N(C(=O)CSc1nc2ccc(OC)cc2[nH]1)[C@H]1CCS(=O)(=O)C1. The van der Waals surface area contributed by atoms with Crippen LogP contribution >= 0.6 is 11.8 Å². The minimum atomic E-state index is -3.04. The second kappa shape index (κ2) is 8.10. The number of thioether (sulfide) groups is 1. The number of aromatic amines is 1. The van der Waals surface area contributed by atoms with Crippen molar-refractivity contribution in [3.8, 4) is 5.75 Å². The van der Waals surface area contributed by atoms with Crippen LogP contribution < -0.4 is 4.74 Å². The van der Waals surface area contributed by atoms with Crippen molar-refractivity contribution < 1.29 is 17.9 Å². The normalized spacial score (nSPS) is 19.9. The number of ether oxygens (including phenoxy) is 1. The van der Waals surface area contributed by atoms with Crippen molar-refractivity contribution in [3.05, 3.63) is 18.2 Å².